The van der Waals surface area contributed by atoms with Crippen LogP contribution in [0.1, 0.15) is 18.9 Å². The van der Waals surface area contributed by atoms with Crippen LogP contribution in [0.15, 0.2) is 42.6 Å². The van der Waals surface area contributed by atoms with Crippen LogP contribution < -0.4 is 20.1 Å². The number of alkyl halides is 2. The van der Waals surface area contributed by atoms with E-state index in [-0.39, 0.29) is 6.54 Å². The molecule has 8 heteroatoms. The van der Waals surface area contributed by atoms with Gasteiger partial charge in [0.1, 0.15) is 0 Å². The molecule has 0 spiro atoms. The van der Waals surface area contributed by atoms with Gasteiger partial charge in [-0.3, -0.25) is 10.1 Å². The molecule has 1 saturated heterocycles. The number of ether oxygens (including phenoxy) is 2. The summed E-state index contributed by atoms with van der Waals surface area (Å²) in [5.74, 6) is -1.71. The summed E-state index contributed by atoms with van der Waals surface area (Å²) >= 11 is 0. The number of rotatable bonds is 7. The molecule has 2 heterocycles. The molecule has 1 amide bonds. The number of hydrogen-bond acceptors (Lipinski definition) is 5. The number of carbonyl (C=O) groups is 1. The second kappa shape index (κ2) is 8.30. The number of nitrogens with one attached hydrogen (secondary N) is 2. The predicted octanol–water partition coefficient (Wildman–Crippen LogP) is 2.89. The Morgan fingerprint density at radius 3 is 2.70 bits per heavy atom. The minimum absolute atomic E-state index is 0.200. The van der Waals surface area contributed by atoms with Crippen LogP contribution in [0.4, 0.5) is 8.78 Å². The number of hydrogen-bond donors (Lipinski definition) is 2. The van der Waals surface area contributed by atoms with Gasteiger partial charge in [0.05, 0.1) is 19.2 Å². The Balaban J connectivity index is 1.54. The molecule has 0 aliphatic carbocycles. The monoisotopic (exact) mass is 377 g/mol. The molecular weight excluding hydrogens is 356 g/mol. The third-order valence-corrected chi connectivity index (χ3v) is 4.05. The fraction of sp³-hybridized carbons (Fsp3) is 0.368. The van der Waals surface area contributed by atoms with Crippen molar-refractivity contribution in [2.45, 2.75) is 31.9 Å². The summed E-state index contributed by atoms with van der Waals surface area (Å²) in [6, 6.07) is 9.84. The van der Waals surface area contributed by atoms with Crippen molar-refractivity contribution in [2.24, 2.45) is 0 Å². The number of carbonyl (C=O) groups excluding carboxylic acids is 1. The smallest absolute Gasteiger partial charge is 0.262 e. The largest absolute Gasteiger partial charge is 0.490 e. The Morgan fingerprint density at radius 2 is 2.07 bits per heavy atom. The summed E-state index contributed by atoms with van der Waals surface area (Å²) in [7, 11) is 0. The Morgan fingerprint density at radius 1 is 1.30 bits per heavy atom. The molecule has 2 N–H and O–H groups in total. The first kappa shape index (κ1) is 19.0. The van der Waals surface area contributed by atoms with Crippen molar-refractivity contribution in [3.05, 3.63) is 48.2 Å². The summed E-state index contributed by atoms with van der Waals surface area (Å²) < 4.78 is 37.5. The summed E-state index contributed by atoms with van der Waals surface area (Å²) in [5, 5.41) is 5.16. The van der Waals surface area contributed by atoms with Crippen LogP contribution >= 0.6 is 0 Å². The zero-order valence-corrected chi connectivity index (χ0v) is 14.9. The Labute approximate surface area is 155 Å². The average Bonchev–Trinajstić information content (AvgIpc) is 3.03. The van der Waals surface area contributed by atoms with E-state index in [0.29, 0.717) is 24.0 Å². The van der Waals surface area contributed by atoms with Gasteiger partial charge in [-0.2, -0.15) is 0 Å². The van der Waals surface area contributed by atoms with Gasteiger partial charge in [0.15, 0.2) is 11.5 Å². The fourth-order valence-electron chi connectivity index (χ4n) is 2.71. The summed E-state index contributed by atoms with van der Waals surface area (Å²) in [6.45, 7) is 2.14. The highest BCUT2D eigenvalue weighted by molar-refractivity contribution is 5.82. The van der Waals surface area contributed by atoms with Gasteiger partial charge in [-0.15, -0.1) is 0 Å². The highest BCUT2D eigenvalue weighted by Crippen LogP contribution is 2.30. The molecule has 0 bridgehead atoms. The Hall–Kier alpha value is -2.74. The first-order valence-corrected chi connectivity index (χ1v) is 8.70. The molecule has 144 valence electrons. The third kappa shape index (κ3) is 5.13. The Kier molecular flexibility index (Phi) is 5.85. The van der Waals surface area contributed by atoms with Crippen LogP contribution in [0.2, 0.25) is 0 Å². The van der Waals surface area contributed by atoms with Crippen molar-refractivity contribution in [1.82, 2.24) is 15.6 Å². The normalized spacial score (nSPS) is 18.1. The quantitative estimate of drug-likeness (QED) is 0.776. The standard InChI is InChI=1S/C19H21F2N3O3/c1-2-26-15-5-3-4-6-16(15)27-17-8-7-13(10-22-17)11-23-18(25)14-9-19(20,21)12-24-14/h3-8,10,14,24H,2,9,11-12H2,1H3,(H,23,25). The summed E-state index contributed by atoms with van der Waals surface area (Å²) in [5.41, 5.74) is 0.735. The van der Waals surface area contributed by atoms with E-state index in [1.807, 2.05) is 25.1 Å². The van der Waals surface area contributed by atoms with Gasteiger partial charge in [-0.25, -0.2) is 13.8 Å². The number of nitrogens with zero attached hydrogens (tertiary/aromatic N) is 1. The van der Waals surface area contributed by atoms with Crippen molar-refractivity contribution in [2.75, 3.05) is 13.2 Å². The summed E-state index contributed by atoms with van der Waals surface area (Å²) in [4.78, 5) is 16.2. The van der Waals surface area contributed by atoms with Crippen LogP contribution in [0.5, 0.6) is 17.4 Å². The molecule has 1 aliphatic heterocycles. The van der Waals surface area contributed by atoms with Crippen molar-refractivity contribution in [3.8, 4) is 17.4 Å². The van der Waals surface area contributed by atoms with Crippen molar-refractivity contribution < 1.29 is 23.0 Å². The van der Waals surface area contributed by atoms with E-state index in [2.05, 4.69) is 15.6 Å². The second-order valence-electron chi connectivity index (χ2n) is 6.20. The van der Waals surface area contributed by atoms with Crippen LogP contribution in [-0.2, 0) is 11.3 Å². The number of benzene rings is 1. The van der Waals surface area contributed by atoms with Crippen LogP contribution in [0.3, 0.4) is 0 Å². The van der Waals surface area contributed by atoms with E-state index in [4.69, 9.17) is 9.47 Å². The molecular formula is C19H21F2N3O3. The minimum Gasteiger partial charge on any atom is -0.490 e. The number of pyridine rings is 1. The number of aromatic nitrogens is 1. The molecule has 1 aromatic heterocycles. The van der Waals surface area contributed by atoms with Gasteiger partial charge in [0, 0.05) is 25.2 Å². The lowest BCUT2D eigenvalue weighted by Crippen LogP contribution is -2.40. The average molecular weight is 377 g/mol. The first-order chi connectivity index (χ1) is 13.0. The number of para-hydroxylation sites is 2. The topological polar surface area (TPSA) is 72.5 Å². The van der Waals surface area contributed by atoms with Gasteiger partial charge in [0.2, 0.25) is 11.8 Å². The van der Waals surface area contributed by atoms with Crippen LogP contribution in [0, 0.1) is 0 Å². The van der Waals surface area contributed by atoms with Gasteiger partial charge in [0.25, 0.3) is 5.92 Å². The van der Waals surface area contributed by atoms with Crippen molar-refractivity contribution in [1.29, 1.82) is 0 Å². The van der Waals surface area contributed by atoms with E-state index >= 15 is 0 Å². The number of amides is 1. The second-order valence-corrected chi connectivity index (χ2v) is 6.20. The van der Waals surface area contributed by atoms with E-state index in [0.717, 1.165) is 5.56 Å². The minimum atomic E-state index is -2.83. The molecule has 0 radical (unpaired) electrons. The summed E-state index contributed by atoms with van der Waals surface area (Å²) in [6.07, 6.45) is 1.08. The lowest BCUT2D eigenvalue weighted by Gasteiger charge is -2.12. The predicted molar refractivity (Wildman–Crippen MR) is 95.1 cm³/mol. The van der Waals surface area contributed by atoms with Crippen molar-refractivity contribution >= 4 is 5.91 Å². The van der Waals surface area contributed by atoms with E-state index < -0.39 is 30.8 Å². The molecule has 1 aromatic carbocycles. The zero-order chi connectivity index (χ0) is 19.3. The lowest BCUT2D eigenvalue weighted by atomic mass is 10.2. The maximum Gasteiger partial charge on any atom is 0.262 e. The number of halogens is 2. The van der Waals surface area contributed by atoms with Crippen LogP contribution in [-0.4, -0.2) is 36.0 Å². The highest BCUT2D eigenvalue weighted by atomic mass is 19.3. The van der Waals surface area contributed by atoms with Gasteiger partial charge < -0.3 is 14.8 Å². The molecule has 1 fully saturated rings. The molecule has 27 heavy (non-hydrogen) atoms. The molecule has 1 atom stereocenters. The molecule has 1 unspecified atom stereocenters. The SMILES string of the molecule is CCOc1ccccc1Oc1ccc(CNC(=O)C2CC(F)(F)CN2)cn1. The highest BCUT2D eigenvalue weighted by Gasteiger charge is 2.42. The molecule has 0 saturated carbocycles. The third-order valence-electron chi connectivity index (χ3n) is 4.05. The van der Waals surface area contributed by atoms with Gasteiger partial charge >= 0.3 is 0 Å². The molecule has 1 aliphatic rings. The van der Waals surface area contributed by atoms with Gasteiger partial charge in [-0.05, 0) is 24.6 Å². The Bertz CT molecular complexity index is 784. The van der Waals surface area contributed by atoms with Crippen molar-refractivity contribution in [3.63, 3.8) is 0 Å². The zero-order valence-electron chi connectivity index (χ0n) is 14.9. The van der Waals surface area contributed by atoms with Gasteiger partial charge in [-0.1, -0.05) is 18.2 Å². The molecule has 6 nitrogen and oxygen atoms in total. The fourth-order valence-corrected chi connectivity index (χ4v) is 2.71. The van der Waals surface area contributed by atoms with E-state index in [1.54, 1.807) is 24.4 Å². The van der Waals surface area contributed by atoms with E-state index in [1.165, 1.54) is 0 Å². The van der Waals surface area contributed by atoms with E-state index in [9.17, 15) is 13.6 Å². The first-order valence-electron chi connectivity index (χ1n) is 8.70. The maximum absolute atomic E-state index is 13.1. The lowest BCUT2D eigenvalue weighted by molar-refractivity contribution is -0.123. The maximum atomic E-state index is 13.1. The molecule has 3 rings (SSSR count). The molecule has 2 aromatic rings. The van der Waals surface area contributed by atoms with Crippen LogP contribution in [0.25, 0.3) is 0 Å².